The van der Waals surface area contributed by atoms with Crippen molar-refractivity contribution in [3.05, 3.63) is 179 Å². The first kappa shape index (κ1) is 30.6. The summed E-state index contributed by atoms with van der Waals surface area (Å²) in [5.41, 5.74) is 18.6. The molecule has 0 unspecified atom stereocenters. The number of fused-ring (bicyclic) bond motifs is 8. The highest BCUT2D eigenvalue weighted by molar-refractivity contribution is 6.22. The molecule has 8 aromatic carbocycles. The summed E-state index contributed by atoms with van der Waals surface area (Å²) in [5, 5.41) is 14.5. The largest absolute Gasteiger partial charge is 0.192 e. The van der Waals surface area contributed by atoms with Gasteiger partial charge < -0.3 is 0 Å². The van der Waals surface area contributed by atoms with Crippen LogP contribution in [0, 0.1) is 11.3 Å². The zero-order valence-electron chi connectivity index (χ0n) is 29.9. The van der Waals surface area contributed by atoms with Crippen LogP contribution in [-0.4, -0.2) is 0 Å². The maximum atomic E-state index is 9.60. The number of nitrogens with zero attached hydrogens (tertiary/aromatic N) is 1. The Morgan fingerprint density at radius 1 is 0.365 bits per heavy atom. The molecule has 246 valence electrons. The molecule has 1 nitrogen and oxygen atoms in total. The van der Waals surface area contributed by atoms with Crippen molar-refractivity contribution >= 4 is 21.5 Å². The topological polar surface area (TPSA) is 23.8 Å². The van der Waals surface area contributed by atoms with E-state index in [9.17, 15) is 5.26 Å². The molecule has 52 heavy (non-hydrogen) atoms. The van der Waals surface area contributed by atoms with E-state index in [-0.39, 0.29) is 10.8 Å². The first-order valence-electron chi connectivity index (χ1n) is 18.2. The van der Waals surface area contributed by atoms with Crippen molar-refractivity contribution in [2.45, 2.75) is 38.5 Å². The molecule has 0 aliphatic heterocycles. The third-order valence-electron chi connectivity index (χ3n) is 12.1. The van der Waals surface area contributed by atoms with E-state index in [2.05, 4.69) is 173 Å². The molecule has 0 radical (unpaired) electrons. The van der Waals surface area contributed by atoms with Gasteiger partial charge in [0, 0.05) is 10.8 Å². The van der Waals surface area contributed by atoms with Gasteiger partial charge in [0.1, 0.15) is 0 Å². The molecule has 0 aromatic heterocycles. The third kappa shape index (κ3) is 4.22. The molecule has 0 saturated carbocycles. The monoisotopic (exact) mass is 663 g/mol. The average Bonchev–Trinajstić information content (AvgIpc) is 3.55. The second-order valence-electron chi connectivity index (χ2n) is 15.6. The van der Waals surface area contributed by atoms with Gasteiger partial charge in [-0.05, 0) is 130 Å². The highest BCUT2D eigenvalue weighted by atomic mass is 14.4. The van der Waals surface area contributed by atoms with Gasteiger partial charge in [-0.15, -0.1) is 0 Å². The van der Waals surface area contributed by atoms with E-state index in [0.717, 1.165) is 5.56 Å². The number of rotatable bonds is 3. The summed E-state index contributed by atoms with van der Waals surface area (Å²) in [4.78, 5) is 0. The smallest absolute Gasteiger partial charge is 0.0991 e. The van der Waals surface area contributed by atoms with Crippen LogP contribution in [0.5, 0.6) is 0 Å². The van der Waals surface area contributed by atoms with Gasteiger partial charge in [0.05, 0.1) is 11.6 Å². The van der Waals surface area contributed by atoms with E-state index >= 15 is 0 Å². The van der Waals surface area contributed by atoms with Gasteiger partial charge in [-0.3, -0.25) is 0 Å². The van der Waals surface area contributed by atoms with Crippen LogP contribution < -0.4 is 0 Å². The molecule has 2 aliphatic carbocycles. The fraction of sp³-hybridized carbons (Fsp3) is 0.118. The lowest BCUT2D eigenvalue weighted by molar-refractivity contribution is 0.660. The molecule has 0 N–H and O–H groups in total. The number of hydrogen-bond acceptors (Lipinski definition) is 1. The van der Waals surface area contributed by atoms with Gasteiger partial charge >= 0.3 is 0 Å². The van der Waals surface area contributed by atoms with E-state index < -0.39 is 0 Å². The van der Waals surface area contributed by atoms with Crippen molar-refractivity contribution in [2.75, 3.05) is 0 Å². The molecular weight excluding hydrogens is 627 g/mol. The number of benzene rings is 8. The summed E-state index contributed by atoms with van der Waals surface area (Å²) < 4.78 is 0. The summed E-state index contributed by atoms with van der Waals surface area (Å²) in [6, 6.07) is 58.2. The predicted molar refractivity (Wildman–Crippen MR) is 218 cm³/mol. The van der Waals surface area contributed by atoms with E-state index in [1.807, 2.05) is 12.1 Å². The third-order valence-corrected chi connectivity index (χ3v) is 12.1. The number of nitriles is 1. The average molecular weight is 664 g/mol. The molecule has 0 atom stereocenters. The Bertz CT molecular complexity index is 2840. The van der Waals surface area contributed by atoms with Crippen molar-refractivity contribution in [3.63, 3.8) is 0 Å². The first-order chi connectivity index (χ1) is 25.3. The lowest BCUT2D eigenvalue weighted by Gasteiger charge is -2.23. The summed E-state index contributed by atoms with van der Waals surface area (Å²) in [6.45, 7) is 9.39. The maximum absolute atomic E-state index is 9.60. The summed E-state index contributed by atoms with van der Waals surface area (Å²) in [6.07, 6.45) is 0. The minimum absolute atomic E-state index is 0.0534. The minimum atomic E-state index is -0.0720. The van der Waals surface area contributed by atoms with Crippen LogP contribution in [0.15, 0.2) is 152 Å². The molecule has 0 fully saturated rings. The predicted octanol–water partition coefficient (Wildman–Crippen LogP) is 13.5. The molecule has 0 spiro atoms. The minimum Gasteiger partial charge on any atom is -0.192 e. The zero-order chi connectivity index (χ0) is 35.4. The number of hydrogen-bond donors (Lipinski definition) is 0. The summed E-state index contributed by atoms with van der Waals surface area (Å²) in [7, 11) is 0. The van der Waals surface area contributed by atoms with Gasteiger partial charge in [-0.1, -0.05) is 149 Å². The van der Waals surface area contributed by atoms with Crippen LogP contribution in [0.25, 0.3) is 77.2 Å². The Labute approximate surface area is 305 Å². The lowest BCUT2D eigenvalue weighted by atomic mass is 9.80. The van der Waals surface area contributed by atoms with Crippen LogP contribution in [0.1, 0.15) is 55.5 Å². The van der Waals surface area contributed by atoms with Crippen LogP contribution >= 0.6 is 0 Å². The van der Waals surface area contributed by atoms with Crippen molar-refractivity contribution in [2.24, 2.45) is 0 Å². The highest BCUT2D eigenvalue weighted by Gasteiger charge is 2.36. The lowest BCUT2D eigenvalue weighted by Crippen LogP contribution is -2.14. The van der Waals surface area contributed by atoms with Crippen molar-refractivity contribution in [3.8, 4) is 61.7 Å². The summed E-state index contributed by atoms with van der Waals surface area (Å²) in [5.74, 6) is 0. The van der Waals surface area contributed by atoms with E-state index in [1.165, 1.54) is 93.9 Å². The normalized spacial score (nSPS) is 14.4. The van der Waals surface area contributed by atoms with Gasteiger partial charge in [0.2, 0.25) is 0 Å². The SMILES string of the molecule is CC1(C)c2ccccc2-c2cc(-c3c4ccccc4c(-c4ccc(C#N)cc4)c4ccc(-c5ccc6c(c5)C(C)(C)c5ccccc5-6)cc34)ccc21. The molecule has 10 rings (SSSR count). The second kappa shape index (κ2) is 10.9. The quantitative estimate of drug-likeness (QED) is 0.173. The highest BCUT2D eigenvalue weighted by Crippen LogP contribution is 2.53. The molecule has 0 heterocycles. The Kier molecular flexibility index (Phi) is 6.40. The van der Waals surface area contributed by atoms with Gasteiger partial charge in [0.25, 0.3) is 0 Å². The van der Waals surface area contributed by atoms with Crippen LogP contribution in [0.2, 0.25) is 0 Å². The van der Waals surface area contributed by atoms with Gasteiger partial charge in [-0.25, -0.2) is 0 Å². The molecule has 8 aromatic rings. The van der Waals surface area contributed by atoms with Crippen molar-refractivity contribution in [1.29, 1.82) is 5.26 Å². The second-order valence-corrected chi connectivity index (χ2v) is 15.6. The van der Waals surface area contributed by atoms with E-state index in [4.69, 9.17) is 0 Å². The molecular formula is C51H37N. The first-order valence-corrected chi connectivity index (χ1v) is 18.2. The standard InChI is InChI=1S/C51H37N/c1-50(2)45-16-10-8-12-37(45)42-28-35(23-26-46(42)50)49-40-14-6-5-13-39(40)48(32-19-17-31(30-52)18-20-32)41-25-22-33(27-43(41)49)34-21-24-38-36-11-7-9-15-44(36)51(3,4)47(38)29-34/h5-29H,1-4H3. The molecule has 1 heteroatoms. The molecule has 0 saturated heterocycles. The molecule has 2 aliphatic rings. The van der Waals surface area contributed by atoms with Crippen LogP contribution in [0.4, 0.5) is 0 Å². The Morgan fingerprint density at radius 3 is 1.54 bits per heavy atom. The van der Waals surface area contributed by atoms with Crippen LogP contribution in [0.3, 0.4) is 0 Å². The van der Waals surface area contributed by atoms with E-state index in [1.54, 1.807) is 0 Å². The van der Waals surface area contributed by atoms with Crippen molar-refractivity contribution < 1.29 is 0 Å². The Hall–Kier alpha value is -6.23. The Balaban J connectivity index is 1.26. The fourth-order valence-electron chi connectivity index (χ4n) is 9.45. The zero-order valence-corrected chi connectivity index (χ0v) is 29.9. The molecule has 0 bridgehead atoms. The maximum Gasteiger partial charge on any atom is 0.0991 e. The fourth-order valence-corrected chi connectivity index (χ4v) is 9.45. The van der Waals surface area contributed by atoms with Gasteiger partial charge in [-0.2, -0.15) is 5.26 Å². The van der Waals surface area contributed by atoms with Crippen molar-refractivity contribution in [1.82, 2.24) is 0 Å². The summed E-state index contributed by atoms with van der Waals surface area (Å²) >= 11 is 0. The molecule has 0 amide bonds. The van der Waals surface area contributed by atoms with Crippen LogP contribution in [-0.2, 0) is 10.8 Å². The van der Waals surface area contributed by atoms with E-state index in [0.29, 0.717) is 5.56 Å². The van der Waals surface area contributed by atoms with Gasteiger partial charge in [0.15, 0.2) is 0 Å². The Morgan fingerprint density at radius 2 is 0.846 bits per heavy atom.